The molecule has 0 fully saturated rings. The highest BCUT2D eigenvalue weighted by atomic mass is 32.1. The number of guanidine groups is 1. The minimum atomic E-state index is 0.0358. The highest BCUT2D eigenvalue weighted by Gasteiger charge is 2.08. The molecule has 1 heterocycles. The smallest absolute Gasteiger partial charge is 0.191 e. The summed E-state index contributed by atoms with van der Waals surface area (Å²) in [5, 5.41) is 9.77. The van der Waals surface area contributed by atoms with E-state index in [0.29, 0.717) is 19.0 Å². The van der Waals surface area contributed by atoms with Crippen LogP contribution in [0.5, 0.6) is 5.75 Å². The zero-order valence-electron chi connectivity index (χ0n) is 15.7. The van der Waals surface area contributed by atoms with Crippen LogP contribution in [0.1, 0.15) is 43.0 Å². The lowest BCUT2D eigenvalue weighted by molar-refractivity contribution is 0.224. The van der Waals surface area contributed by atoms with Crippen LogP contribution in [0.25, 0.3) is 0 Å². The molecule has 5 nitrogen and oxygen atoms in total. The van der Waals surface area contributed by atoms with Gasteiger partial charge in [0.05, 0.1) is 18.8 Å². The molecule has 6 heteroatoms. The predicted molar refractivity (Wildman–Crippen MR) is 106 cm³/mol. The van der Waals surface area contributed by atoms with Crippen LogP contribution in [0, 0.1) is 6.92 Å². The molecule has 0 aliphatic rings. The first-order valence-electron chi connectivity index (χ1n) is 8.60. The molecule has 2 rings (SSSR count). The maximum absolute atomic E-state index is 5.90. The Morgan fingerprint density at radius 2 is 1.92 bits per heavy atom. The summed E-state index contributed by atoms with van der Waals surface area (Å²) in [5.41, 5.74) is 2.37. The molecule has 0 bridgehead atoms. The van der Waals surface area contributed by atoms with E-state index in [1.807, 2.05) is 19.1 Å². The molecule has 1 atom stereocenters. The SMILES string of the molecule is CN=C(NCc1nc(C(C)C)cs1)NCC(C)Oc1ccc(C)cc1. The van der Waals surface area contributed by atoms with Crippen LogP contribution in [0.15, 0.2) is 34.6 Å². The number of rotatable bonds is 7. The van der Waals surface area contributed by atoms with Crippen molar-refractivity contribution in [2.45, 2.75) is 46.3 Å². The monoisotopic (exact) mass is 360 g/mol. The second-order valence-corrected chi connectivity index (χ2v) is 7.31. The van der Waals surface area contributed by atoms with Gasteiger partial charge in [0.1, 0.15) is 16.9 Å². The van der Waals surface area contributed by atoms with Gasteiger partial charge in [-0.15, -0.1) is 11.3 Å². The van der Waals surface area contributed by atoms with Crippen LogP contribution in [-0.2, 0) is 6.54 Å². The first-order valence-corrected chi connectivity index (χ1v) is 9.48. The Hall–Kier alpha value is -2.08. The Morgan fingerprint density at radius 3 is 2.52 bits per heavy atom. The quantitative estimate of drug-likeness (QED) is 0.584. The van der Waals surface area contributed by atoms with Crippen molar-refractivity contribution in [1.29, 1.82) is 0 Å². The van der Waals surface area contributed by atoms with Gasteiger partial charge in [-0.05, 0) is 31.9 Å². The van der Waals surface area contributed by atoms with Crippen LogP contribution < -0.4 is 15.4 Å². The molecule has 0 radical (unpaired) electrons. The van der Waals surface area contributed by atoms with E-state index < -0.39 is 0 Å². The molecule has 2 aromatic rings. The van der Waals surface area contributed by atoms with Crippen LogP contribution in [0.2, 0.25) is 0 Å². The Labute approximate surface area is 154 Å². The lowest BCUT2D eigenvalue weighted by atomic mass is 10.2. The molecular weight excluding hydrogens is 332 g/mol. The third kappa shape index (κ3) is 6.38. The minimum absolute atomic E-state index is 0.0358. The molecule has 136 valence electrons. The van der Waals surface area contributed by atoms with Crippen LogP contribution in [-0.4, -0.2) is 30.6 Å². The zero-order valence-corrected chi connectivity index (χ0v) is 16.5. The maximum Gasteiger partial charge on any atom is 0.191 e. The first kappa shape index (κ1) is 19.2. The number of aromatic nitrogens is 1. The lowest BCUT2D eigenvalue weighted by Gasteiger charge is -2.17. The largest absolute Gasteiger partial charge is 0.489 e. The van der Waals surface area contributed by atoms with E-state index in [1.54, 1.807) is 18.4 Å². The Balaban J connectivity index is 1.76. The fourth-order valence-electron chi connectivity index (χ4n) is 2.18. The van der Waals surface area contributed by atoms with Gasteiger partial charge in [-0.25, -0.2) is 4.98 Å². The van der Waals surface area contributed by atoms with Crippen molar-refractivity contribution in [3.63, 3.8) is 0 Å². The summed E-state index contributed by atoms with van der Waals surface area (Å²) in [6.07, 6.45) is 0.0358. The molecule has 1 aromatic carbocycles. The molecule has 0 aliphatic heterocycles. The van der Waals surface area contributed by atoms with Crippen LogP contribution in [0.3, 0.4) is 0 Å². The highest BCUT2D eigenvalue weighted by Crippen LogP contribution is 2.17. The van der Waals surface area contributed by atoms with Crippen molar-refractivity contribution < 1.29 is 4.74 Å². The number of aryl methyl sites for hydroxylation is 1. The van der Waals surface area contributed by atoms with Crippen molar-refractivity contribution in [1.82, 2.24) is 15.6 Å². The standard InChI is InChI=1S/C19H28N4OS/c1-13(2)17-12-25-18(23-17)11-22-19(20-5)21-10-15(4)24-16-8-6-14(3)7-9-16/h6-9,12-13,15H,10-11H2,1-5H3,(H2,20,21,22). The van der Waals surface area contributed by atoms with Gasteiger partial charge in [-0.2, -0.15) is 0 Å². The Bertz CT molecular complexity index is 679. The average Bonchev–Trinajstić information content (AvgIpc) is 3.06. The Kier molecular flexibility index (Phi) is 7.25. The number of benzene rings is 1. The van der Waals surface area contributed by atoms with Gasteiger partial charge in [0.25, 0.3) is 0 Å². The summed E-state index contributed by atoms with van der Waals surface area (Å²) in [4.78, 5) is 8.87. The number of nitrogens with one attached hydrogen (secondary N) is 2. The van der Waals surface area contributed by atoms with Gasteiger partial charge in [0, 0.05) is 12.4 Å². The molecule has 0 amide bonds. The van der Waals surface area contributed by atoms with E-state index in [0.717, 1.165) is 22.4 Å². The summed E-state index contributed by atoms with van der Waals surface area (Å²) < 4.78 is 5.90. The molecule has 0 saturated heterocycles. The molecule has 0 aliphatic carbocycles. The molecule has 2 N–H and O–H groups in total. The number of hydrogen-bond donors (Lipinski definition) is 2. The van der Waals surface area contributed by atoms with E-state index in [2.05, 4.69) is 58.9 Å². The molecule has 1 unspecified atom stereocenters. The van der Waals surface area contributed by atoms with Crippen molar-refractivity contribution in [3.8, 4) is 5.75 Å². The van der Waals surface area contributed by atoms with Crippen molar-refractivity contribution >= 4 is 17.3 Å². The van der Waals surface area contributed by atoms with Gasteiger partial charge in [-0.1, -0.05) is 31.5 Å². The van der Waals surface area contributed by atoms with Crippen LogP contribution >= 0.6 is 11.3 Å². The second kappa shape index (κ2) is 9.42. The van der Waals surface area contributed by atoms with Crippen molar-refractivity contribution in [3.05, 3.63) is 45.9 Å². The number of nitrogens with zero attached hydrogens (tertiary/aromatic N) is 2. The van der Waals surface area contributed by atoms with Crippen LogP contribution in [0.4, 0.5) is 0 Å². The third-order valence-corrected chi connectivity index (χ3v) is 4.57. The highest BCUT2D eigenvalue weighted by molar-refractivity contribution is 7.09. The first-order chi connectivity index (χ1) is 12.0. The van der Waals surface area contributed by atoms with Gasteiger partial charge >= 0.3 is 0 Å². The predicted octanol–water partition coefficient (Wildman–Crippen LogP) is 3.71. The topological polar surface area (TPSA) is 58.5 Å². The number of thiazole rings is 1. The second-order valence-electron chi connectivity index (χ2n) is 6.37. The van der Waals surface area contributed by atoms with Gasteiger partial charge in [0.2, 0.25) is 0 Å². The summed E-state index contributed by atoms with van der Waals surface area (Å²) >= 11 is 1.68. The van der Waals surface area contributed by atoms with Crippen molar-refractivity contribution in [2.75, 3.05) is 13.6 Å². The fourth-order valence-corrected chi connectivity index (χ4v) is 3.08. The van der Waals surface area contributed by atoms with Gasteiger partial charge in [0.15, 0.2) is 5.96 Å². The Morgan fingerprint density at radius 1 is 1.20 bits per heavy atom. The van der Waals surface area contributed by atoms with E-state index >= 15 is 0 Å². The molecule has 0 spiro atoms. The van der Waals surface area contributed by atoms with Gasteiger partial charge < -0.3 is 15.4 Å². The molecule has 25 heavy (non-hydrogen) atoms. The normalized spacial score (nSPS) is 13.0. The number of ether oxygens (including phenoxy) is 1. The maximum atomic E-state index is 5.90. The number of aliphatic imine (C=N–C) groups is 1. The van der Waals surface area contributed by atoms with E-state index in [9.17, 15) is 0 Å². The minimum Gasteiger partial charge on any atom is -0.489 e. The average molecular weight is 361 g/mol. The van der Waals surface area contributed by atoms with Gasteiger partial charge in [-0.3, -0.25) is 4.99 Å². The summed E-state index contributed by atoms with van der Waals surface area (Å²) in [6.45, 7) is 9.75. The summed E-state index contributed by atoms with van der Waals surface area (Å²) in [6, 6.07) is 8.09. The van der Waals surface area contributed by atoms with E-state index in [1.165, 1.54) is 5.56 Å². The number of hydrogen-bond acceptors (Lipinski definition) is 4. The van der Waals surface area contributed by atoms with E-state index in [4.69, 9.17) is 4.74 Å². The summed E-state index contributed by atoms with van der Waals surface area (Å²) in [7, 11) is 1.77. The molecular formula is C19H28N4OS. The van der Waals surface area contributed by atoms with Crippen molar-refractivity contribution in [2.24, 2.45) is 4.99 Å². The third-order valence-electron chi connectivity index (χ3n) is 3.71. The zero-order chi connectivity index (χ0) is 18.2. The lowest BCUT2D eigenvalue weighted by Crippen LogP contribution is -2.41. The van der Waals surface area contributed by atoms with E-state index in [-0.39, 0.29) is 6.10 Å². The molecule has 0 saturated carbocycles. The fraction of sp³-hybridized carbons (Fsp3) is 0.474. The summed E-state index contributed by atoms with van der Waals surface area (Å²) in [5.74, 6) is 2.09. The molecule has 1 aromatic heterocycles.